The van der Waals surface area contributed by atoms with E-state index < -0.39 is 6.09 Å². The number of nitrogens with one attached hydrogen (secondary N) is 1. The molecule has 0 saturated heterocycles. The zero-order valence-corrected chi connectivity index (χ0v) is 9.48. The van der Waals surface area contributed by atoms with Gasteiger partial charge >= 0.3 is 6.09 Å². The molecule has 0 saturated carbocycles. The number of benzene rings is 1. The number of anilines is 1. The number of carbonyl (C=O) groups is 1. The molecule has 0 aliphatic heterocycles. The predicted molar refractivity (Wildman–Crippen MR) is 60.5 cm³/mol. The number of halogens is 1. The van der Waals surface area contributed by atoms with Gasteiger partial charge in [-0.2, -0.15) is 5.26 Å². The summed E-state index contributed by atoms with van der Waals surface area (Å²) in [5.74, 6) is 0.0472. The number of alkyl halides is 1. The van der Waals surface area contributed by atoms with Crippen molar-refractivity contribution in [3.8, 4) is 6.07 Å². The van der Waals surface area contributed by atoms with Gasteiger partial charge in [0.1, 0.15) is 6.07 Å². The zero-order valence-electron chi connectivity index (χ0n) is 8.72. The van der Waals surface area contributed by atoms with Crippen LogP contribution in [-0.2, 0) is 4.84 Å². The summed E-state index contributed by atoms with van der Waals surface area (Å²) in [6.45, 7) is -0.130. The molecule has 0 aliphatic carbocycles. The number of para-hydroxylation sites is 1. The van der Waals surface area contributed by atoms with Crippen LogP contribution in [0, 0.1) is 16.2 Å². The molecule has 7 heteroatoms. The molecule has 1 aromatic carbocycles. The molecule has 0 atom stereocenters. The summed E-state index contributed by atoms with van der Waals surface area (Å²) < 4.78 is 0. The van der Waals surface area contributed by atoms with Crippen molar-refractivity contribution in [3.05, 3.63) is 34.7 Å². The number of carbonyl (C=O) groups excluding carboxylic acids is 1. The SMILES string of the molecule is N#Cc1ccccc1NC(=O)O[N+](=O)CCCl. The topological polar surface area (TPSA) is 82.2 Å². The summed E-state index contributed by atoms with van der Waals surface area (Å²) >= 11 is 5.29. The number of hydrogen-bond acceptors (Lipinski definition) is 4. The minimum atomic E-state index is -0.965. The molecule has 0 fully saturated rings. The molecule has 88 valence electrons. The summed E-state index contributed by atoms with van der Waals surface area (Å²) in [5, 5.41) is 11.0. The summed E-state index contributed by atoms with van der Waals surface area (Å²) in [7, 11) is 0. The molecule has 0 unspecified atom stereocenters. The van der Waals surface area contributed by atoms with Crippen molar-refractivity contribution in [2.75, 3.05) is 17.7 Å². The van der Waals surface area contributed by atoms with E-state index in [2.05, 4.69) is 10.2 Å². The normalized spacial score (nSPS) is 9.18. The molecule has 0 aliphatic rings. The maximum absolute atomic E-state index is 11.2. The number of rotatable bonds is 4. The average Bonchev–Trinajstić information content (AvgIpc) is 2.29. The Morgan fingerprint density at radius 1 is 1.53 bits per heavy atom. The maximum atomic E-state index is 11.2. The maximum Gasteiger partial charge on any atom is 0.485 e. The Balaban J connectivity index is 2.63. The smallest absolute Gasteiger partial charge is 0.284 e. The van der Waals surface area contributed by atoms with Crippen LogP contribution in [0.15, 0.2) is 24.3 Å². The lowest BCUT2D eigenvalue weighted by Gasteiger charge is -2.02. The van der Waals surface area contributed by atoms with Crippen LogP contribution in [0.2, 0.25) is 0 Å². The molecule has 0 radical (unpaired) electrons. The molecule has 0 bridgehead atoms. The molecule has 1 rings (SSSR count). The van der Waals surface area contributed by atoms with Gasteiger partial charge in [0.2, 0.25) is 4.92 Å². The highest BCUT2D eigenvalue weighted by Gasteiger charge is 2.17. The van der Waals surface area contributed by atoms with E-state index in [1.807, 2.05) is 6.07 Å². The highest BCUT2D eigenvalue weighted by molar-refractivity contribution is 6.17. The van der Waals surface area contributed by atoms with Gasteiger partial charge in [-0.25, -0.2) is 4.79 Å². The molecule has 1 aromatic rings. The zero-order chi connectivity index (χ0) is 12.7. The van der Waals surface area contributed by atoms with Gasteiger partial charge in [0.15, 0.2) is 0 Å². The quantitative estimate of drug-likeness (QED) is 0.658. The molecular weight excluding hydrogens is 246 g/mol. The van der Waals surface area contributed by atoms with E-state index in [0.29, 0.717) is 0 Å². The van der Waals surface area contributed by atoms with Crippen LogP contribution in [0.1, 0.15) is 5.56 Å². The van der Waals surface area contributed by atoms with Crippen molar-refractivity contribution in [1.29, 1.82) is 5.26 Å². The molecular formula is C10H9ClN3O3+. The minimum absolute atomic E-state index is 0.0472. The van der Waals surface area contributed by atoms with Crippen molar-refractivity contribution in [1.82, 2.24) is 0 Å². The largest absolute Gasteiger partial charge is 0.485 e. The van der Waals surface area contributed by atoms with Gasteiger partial charge in [0.25, 0.3) is 6.54 Å². The highest BCUT2D eigenvalue weighted by Crippen LogP contribution is 2.13. The number of amides is 1. The van der Waals surface area contributed by atoms with Crippen LogP contribution in [0.4, 0.5) is 10.5 Å². The van der Waals surface area contributed by atoms with E-state index in [1.54, 1.807) is 12.1 Å². The third-order valence-corrected chi connectivity index (χ3v) is 1.91. The monoisotopic (exact) mass is 254 g/mol. The van der Waals surface area contributed by atoms with E-state index >= 15 is 0 Å². The Kier molecular flexibility index (Phi) is 4.91. The van der Waals surface area contributed by atoms with Crippen LogP contribution in [0.3, 0.4) is 0 Å². The second kappa shape index (κ2) is 6.45. The first-order chi connectivity index (χ1) is 8.17. The molecule has 0 spiro atoms. The van der Waals surface area contributed by atoms with Gasteiger partial charge in [0, 0.05) is 0 Å². The summed E-state index contributed by atoms with van der Waals surface area (Å²) in [5.41, 5.74) is 0.554. The minimum Gasteiger partial charge on any atom is -0.284 e. The molecule has 6 nitrogen and oxygen atoms in total. The Morgan fingerprint density at radius 2 is 2.24 bits per heavy atom. The van der Waals surface area contributed by atoms with Crippen LogP contribution in [-0.4, -0.2) is 23.4 Å². The van der Waals surface area contributed by atoms with Crippen molar-refractivity contribution in [3.63, 3.8) is 0 Å². The third-order valence-electron chi connectivity index (χ3n) is 1.74. The van der Waals surface area contributed by atoms with E-state index in [9.17, 15) is 9.70 Å². The summed E-state index contributed by atoms with van der Waals surface area (Å²) in [4.78, 5) is 26.5. The van der Waals surface area contributed by atoms with Crippen molar-refractivity contribution in [2.24, 2.45) is 0 Å². The Morgan fingerprint density at radius 3 is 2.88 bits per heavy atom. The van der Waals surface area contributed by atoms with Gasteiger partial charge < -0.3 is 0 Å². The van der Waals surface area contributed by atoms with Gasteiger partial charge in [-0.05, 0) is 12.1 Å². The van der Waals surface area contributed by atoms with E-state index in [4.69, 9.17) is 16.9 Å². The van der Waals surface area contributed by atoms with E-state index in [0.717, 1.165) is 0 Å². The van der Waals surface area contributed by atoms with Gasteiger partial charge in [-0.1, -0.05) is 12.1 Å². The van der Waals surface area contributed by atoms with Crippen molar-refractivity contribution < 1.29 is 14.6 Å². The van der Waals surface area contributed by atoms with Crippen LogP contribution in [0.25, 0.3) is 0 Å². The first-order valence-electron chi connectivity index (χ1n) is 4.66. The first kappa shape index (κ1) is 12.9. The molecule has 0 heterocycles. The third kappa shape index (κ3) is 4.09. The van der Waals surface area contributed by atoms with E-state index in [1.165, 1.54) is 12.1 Å². The fourth-order valence-corrected chi connectivity index (χ4v) is 1.17. The van der Waals surface area contributed by atoms with Crippen molar-refractivity contribution in [2.45, 2.75) is 0 Å². The average molecular weight is 255 g/mol. The summed E-state index contributed by atoms with van der Waals surface area (Å²) in [6.07, 6.45) is -0.965. The Labute approximate surface area is 102 Å². The Hall–Kier alpha value is -2.13. The van der Waals surface area contributed by atoms with Gasteiger partial charge in [0.05, 0.1) is 22.0 Å². The number of hydrogen-bond donors (Lipinski definition) is 1. The summed E-state index contributed by atoms with van der Waals surface area (Å²) in [6, 6.07) is 8.25. The van der Waals surface area contributed by atoms with Crippen LogP contribution < -0.4 is 5.32 Å². The van der Waals surface area contributed by atoms with Crippen LogP contribution >= 0.6 is 11.6 Å². The second-order valence-corrected chi connectivity index (χ2v) is 3.28. The molecule has 17 heavy (non-hydrogen) atoms. The van der Waals surface area contributed by atoms with Crippen molar-refractivity contribution >= 4 is 23.4 Å². The van der Waals surface area contributed by atoms with Gasteiger partial charge in [-0.15, -0.1) is 16.4 Å². The molecule has 0 aromatic heterocycles. The standard InChI is InChI=1S/C10H8ClN3O3/c11-5-6-14(16)17-10(15)13-9-4-2-1-3-8(9)7-12/h1-4H,5-6H2/p+1. The van der Waals surface area contributed by atoms with E-state index in [-0.39, 0.29) is 28.6 Å². The Bertz CT molecular complexity index is 470. The lowest BCUT2D eigenvalue weighted by molar-refractivity contribution is -0.772. The predicted octanol–water partition coefficient (Wildman–Crippen LogP) is 2.04. The fraction of sp³-hybridized carbons (Fsp3) is 0.200. The first-order valence-corrected chi connectivity index (χ1v) is 5.19. The van der Waals surface area contributed by atoms with Crippen LogP contribution in [0.5, 0.6) is 0 Å². The number of nitrogens with zero attached hydrogens (tertiary/aromatic N) is 2. The lowest BCUT2D eigenvalue weighted by Crippen LogP contribution is -2.22. The highest BCUT2D eigenvalue weighted by atomic mass is 35.5. The molecule has 1 amide bonds. The fourth-order valence-electron chi connectivity index (χ4n) is 1.03. The second-order valence-electron chi connectivity index (χ2n) is 2.91. The van der Waals surface area contributed by atoms with Gasteiger partial charge in [-0.3, -0.25) is 5.32 Å². The number of nitriles is 1. The lowest BCUT2D eigenvalue weighted by atomic mass is 10.2. The molecule has 1 N–H and O–H groups in total.